The zero-order chi connectivity index (χ0) is 19.3. The van der Waals surface area contributed by atoms with Crippen molar-refractivity contribution in [2.75, 3.05) is 18.0 Å². The average Bonchev–Trinajstić information content (AvgIpc) is 3.04. The van der Waals surface area contributed by atoms with Crippen molar-refractivity contribution in [3.8, 4) is 0 Å². The van der Waals surface area contributed by atoms with Gasteiger partial charge in [-0.1, -0.05) is 18.2 Å². The number of aromatic nitrogens is 3. The van der Waals surface area contributed by atoms with Crippen LogP contribution in [0.15, 0.2) is 36.5 Å². The molecule has 0 radical (unpaired) electrons. The molecule has 1 N–H and O–H groups in total. The summed E-state index contributed by atoms with van der Waals surface area (Å²) in [7, 11) is 0. The fourth-order valence-electron chi connectivity index (χ4n) is 4.85. The summed E-state index contributed by atoms with van der Waals surface area (Å²) < 4.78 is 0. The Bertz CT molecular complexity index is 1090. The number of rotatable bonds is 2. The Balaban J connectivity index is 1.57. The van der Waals surface area contributed by atoms with E-state index in [2.05, 4.69) is 9.88 Å². The van der Waals surface area contributed by atoms with Crippen LogP contribution in [0.5, 0.6) is 0 Å². The summed E-state index contributed by atoms with van der Waals surface area (Å²) in [5.41, 5.74) is 3.49. The van der Waals surface area contributed by atoms with E-state index in [0.29, 0.717) is 10.9 Å². The van der Waals surface area contributed by atoms with Gasteiger partial charge in [0.1, 0.15) is 11.6 Å². The SMILES string of the molecule is Cc1ncc2c(n1)C1(CCCN(c3cc(C(=O)O)c4ccccc4n3)C1)CC2. The lowest BCUT2D eigenvalue weighted by Gasteiger charge is -2.41. The van der Waals surface area contributed by atoms with Crippen LogP contribution in [0.3, 0.4) is 0 Å². The largest absolute Gasteiger partial charge is 0.478 e. The third-order valence-corrected chi connectivity index (χ3v) is 6.19. The van der Waals surface area contributed by atoms with Crippen LogP contribution in [0.4, 0.5) is 5.82 Å². The van der Waals surface area contributed by atoms with Crippen LogP contribution >= 0.6 is 0 Å². The number of nitrogens with zero attached hydrogens (tertiary/aromatic N) is 4. The first-order valence-corrected chi connectivity index (χ1v) is 9.77. The van der Waals surface area contributed by atoms with Crippen molar-refractivity contribution in [3.63, 3.8) is 0 Å². The smallest absolute Gasteiger partial charge is 0.336 e. The molecule has 1 aromatic carbocycles. The zero-order valence-corrected chi connectivity index (χ0v) is 15.9. The van der Waals surface area contributed by atoms with Crippen molar-refractivity contribution in [2.24, 2.45) is 0 Å². The Morgan fingerprint density at radius 2 is 2.07 bits per heavy atom. The van der Waals surface area contributed by atoms with Crippen molar-refractivity contribution in [2.45, 2.75) is 38.0 Å². The third kappa shape index (κ3) is 2.63. The van der Waals surface area contributed by atoms with Crippen LogP contribution in [0, 0.1) is 6.92 Å². The van der Waals surface area contributed by atoms with E-state index in [0.717, 1.165) is 55.9 Å². The van der Waals surface area contributed by atoms with E-state index in [-0.39, 0.29) is 5.41 Å². The number of hydrogen-bond donors (Lipinski definition) is 1. The van der Waals surface area contributed by atoms with Gasteiger partial charge in [-0.2, -0.15) is 0 Å². The maximum atomic E-state index is 11.8. The molecule has 1 unspecified atom stereocenters. The molecule has 1 aliphatic carbocycles. The predicted molar refractivity (Wildman–Crippen MR) is 107 cm³/mol. The summed E-state index contributed by atoms with van der Waals surface area (Å²) in [5, 5.41) is 10.4. The number of aryl methyl sites for hydroxylation is 2. The van der Waals surface area contributed by atoms with Gasteiger partial charge in [0.05, 0.1) is 16.8 Å². The highest BCUT2D eigenvalue weighted by molar-refractivity contribution is 6.03. The van der Waals surface area contributed by atoms with Crippen molar-refractivity contribution in [1.82, 2.24) is 15.0 Å². The molecule has 2 aromatic heterocycles. The van der Waals surface area contributed by atoms with Gasteiger partial charge in [0.2, 0.25) is 0 Å². The molecule has 28 heavy (non-hydrogen) atoms. The highest BCUT2D eigenvalue weighted by atomic mass is 16.4. The molecule has 0 saturated carbocycles. The van der Waals surface area contributed by atoms with Crippen LogP contribution in [-0.4, -0.2) is 39.1 Å². The van der Waals surface area contributed by atoms with Gasteiger partial charge in [-0.3, -0.25) is 0 Å². The van der Waals surface area contributed by atoms with E-state index in [1.165, 1.54) is 11.3 Å². The second-order valence-electron chi connectivity index (χ2n) is 7.95. The van der Waals surface area contributed by atoms with Crippen LogP contribution in [0.2, 0.25) is 0 Å². The van der Waals surface area contributed by atoms with Gasteiger partial charge >= 0.3 is 5.97 Å². The normalized spacial score (nSPS) is 21.2. The fourth-order valence-corrected chi connectivity index (χ4v) is 4.85. The molecule has 3 aromatic rings. The maximum Gasteiger partial charge on any atom is 0.336 e. The summed E-state index contributed by atoms with van der Waals surface area (Å²) in [5.74, 6) is 0.643. The highest BCUT2D eigenvalue weighted by Gasteiger charge is 2.44. The van der Waals surface area contributed by atoms with E-state index < -0.39 is 5.97 Å². The van der Waals surface area contributed by atoms with Gasteiger partial charge < -0.3 is 10.0 Å². The summed E-state index contributed by atoms with van der Waals surface area (Å²) in [6, 6.07) is 9.18. The van der Waals surface area contributed by atoms with E-state index >= 15 is 0 Å². The number of anilines is 1. The maximum absolute atomic E-state index is 11.8. The topological polar surface area (TPSA) is 79.2 Å². The number of aromatic carboxylic acids is 1. The number of para-hydroxylation sites is 1. The van der Waals surface area contributed by atoms with Crippen LogP contribution in [0.25, 0.3) is 10.9 Å². The molecule has 142 valence electrons. The molecule has 1 atom stereocenters. The Kier molecular flexibility index (Phi) is 3.82. The molecule has 6 nitrogen and oxygen atoms in total. The van der Waals surface area contributed by atoms with Gasteiger partial charge in [-0.25, -0.2) is 19.7 Å². The van der Waals surface area contributed by atoms with Gasteiger partial charge in [-0.15, -0.1) is 0 Å². The Morgan fingerprint density at radius 1 is 1.21 bits per heavy atom. The molecule has 3 heterocycles. The minimum atomic E-state index is -0.916. The summed E-state index contributed by atoms with van der Waals surface area (Å²) in [4.78, 5) is 28.1. The Morgan fingerprint density at radius 3 is 2.93 bits per heavy atom. The molecule has 1 fully saturated rings. The molecule has 0 amide bonds. The number of carboxylic acids is 1. The predicted octanol–water partition coefficient (Wildman–Crippen LogP) is 3.52. The molecular weight excluding hydrogens is 352 g/mol. The zero-order valence-electron chi connectivity index (χ0n) is 15.9. The quantitative estimate of drug-likeness (QED) is 0.739. The summed E-state index contributed by atoms with van der Waals surface area (Å²) in [6.07, 6.45) is 6.19. The van der Waals surface area contributed by atoms with Gasteiger partial charge in [0.25, 0.3) is 0 Å². The number of carboxylic acid groups (broad SMARTS) is 1. The standard InChI is InChI=1S/C22H22N4O2/c1-14-23-12-15-7-9-22(20(15)24-14)8-4-10-26(13-22)19-11-17(21(27)28)16-5-2-3-6-18(16)25-19/h2-3,5-6,11-12H,4,7-10,13H2,1H3,(H,27,28). The molecule has 0 bridgehead atoms. The van der Waals surface area contributed by atoms with Gasteiger partial charge in [0, 0.05) is 30.1 Å². The first kappa shape index (κ1) is 17.1. The van der Waals surface area contributed by atoms with Crippen molar-refractivity contribution in [1.29, 1.82) is 0 Å². The van der Waals surface area contributed by atoms with E-state index in [1.54, 1.807) is 6.07 Å². The summed E-state index contributed by atoms with van der Waals surface area (Å²) >= 11 is 0. The van der Waals surface area contributed by atoms with Crippen LogP contribution in [0.1, 0.15) is 46.7 Å². The molecule has 1 aliphatic heterocycles. The van der Waals surface area contributed by atoms with Crippen LogP contribution < -0.4 is 4.90 Å². The lowest BCUT2D eigenvalue weighted by atomic mass is 9.77. The molecule has 1 saturated heterocycles. The van der Waals surface area contributed by atoms with Crippen LogP contribution in [-0.2, 0) is 11.8 Å². The molecule has 2 aliphatic rings. The summed E-state index contributed by atoms with van der Waals surface area (Å²) in [6.45, 7) is 3.64. The van der Waals surface area contributed by atoms with Crippen molar-refractivity contribution in [3.05, 3.63) is 59.2 Å². The lowest BCUT2D eigenvalue weighted by molar-refractivity contribution is 0.0699. The number of carbonyl (C=O) groups is 1. The third-order valence-electron chi connectivity index (χ3n) is 6.19. The number of fused-ring (bicyclic) bond motifs is 3. The van der Waals surface area contributed by atoms with Gasteiger partial charge in [0.15, 0.2) is 0 Å². The number of hydrogen-bond acceptors (Lipinski definition) is 5. The lowest BCUT2D eigenvalue weighted by Crippen LogP contribution is -2.46. The van der Waals surface area contributed by atoms with E-state index in [9.17, 15) is 9.90 Å². The fraction of sp³-hybridized carbons (Fsp3) is 0.364. The molecule has 5 rings (SSSR count). The second kappa shape index (κ2) is 6.26. The van der Waals surface area contributed by atoms with E-state index in [4.69, 9.17) is 9.97 Å². The molecule has 1 spiro atoms. The molecule has 6 heteroatoms. The minimum absolute atomic E-state index is 0.0119. The first-order valence-electron chi connectivity index (χ1n) is 9.77. The number of benzene rings is 1. The first-order chi connectivity index (χ1) is 13.6. The van der Waals surface area contributed by atoms with Gasteiger partial charge in [-0.05, 0) is 50.3 Å². The number of pyridine rings is 1. The van der Waals surface area contributed by atoms with Crippen molar-refractivity contribution >= 4 is 22.7 Å². The average molecular weight is 374 g/mol. The monoisotopic (exact) mass is 374 g/mol. The Labute approximate surface area is 163 Å². The minimum Gasteiger partial charge on any atom is -0.478 e. The Hall–Kier alpha value is -3.02. The highest BCUT2D eigenvalue weighted by Crippen LogP contribution is 2.44. The van der Waals surface area contributed by atoms with E-state index in [1.807, 2.05) is 37.4 Å². The molecular formula is C22H22N4O2. The second-order valence-corrected chi connectivity index (χ2v) is 7.95. The van der Waals surface area contributed by atoms with Crippen molar-refractivity contribution < 1.29 is 9.90 Å². The number of piperidine rings is 1.